The van der Waals surface area contributed by atoms with Gasteiger partial charge in [-0.05, 0) is 44.4 Å². The van der Waals surface area contributed by atoms with Gasteiger partial charge in [0.15, 0.2) is 0 Å². The molecule has 2 aromatic rings. The van der Waals surface area contributed by atoms with E-state index in [-0.39, 0.29) is 11.7 Å². The predicted octanol–water partition coefficient (Wildman–Crippen LogP) is 5.29. The molecule has 26 heavy (non-hydrogen) atoms. The molecule has 2 nitrogen and oxygen atoms in total. The van der Waals surface area contributed by atoms with Crippen molar-refractivity contribution in [2.75, 3.05) is 0 Å². The van der Waals surface area contributed by atoms with Crippen LogP contribution in [-0.2, 0) is 22.0 Å². The van der Waals surface area contributed by atoms with Crippen LogP contribution in [0.25, 0.3) is 0 Å². The van der Waals surface area contributed by atoms with Gasteiger partial charge in [-0.2, -0.15) is 0 Å². The Balaban J connectivity index is 1.87. The van der Waals surface area contributed by atoms with Crippen LogP contribution in [0.1, 0.15) is 37.8 Å². The minimum absolute atomic E-state index is 0.0912. The first kappa shape index (κ1) is 19.3. The molecule has 0 heterocycles. The van der Waals surface area contributed by atoms with Gasteiger partial charge < -0.3 is 0 Å². The molecule has 0 amide bonds. The fourth-order valence-corrected chi connectivity index (χ4v) is 6.66. The molecule has 0 aliphatic heterocycles. The minimum atomic E-state index is -1.43. The van der Waals surface area contributed by atoms with E-state index in [4.69, 9.17) is 11.6 Å². The number of hydrogen-bond donors (Lipinski definition) is 0. The normalized spacial score (nSPS) is 28.5. The van der Waals surface area contributed by atoms with Crippen LogP contribution < -0.4 is 0 Å². The zero-order valence-corrected chi connectivity index (χ0v) is 17.1. The van der Waals surface area contributed by atoms with Gasteiger partial charge in [-0.15, -0.1) is 11.6 Å². The Morgan fingerprint density at radius 3 is 2.31 bits per heavy atom. The maximum absolute atomic E-state index is 13.3. The van der Waals surface area contributed by atoms with Crippen molar-refractivity contribution in [1.29, 1.82) is 0 Å². The van der Waals surface area contributed by atoms with Crippen molar-refractivity contribution in [3.8, 4) is 0 Å². The van der Waals surface area contributed by atoms with Gasteiger partial charge >= 0.3 is 0 Å². The summed E-state index contributed by atoms with van der Waals surface area (Å²) in [5, 5.41) is 0. The summed E-state index contributed by atoms with van der Waals surface area (Å²) in [5.74, 6) is 0.0116. The van der Waals surface area contributed by atoms with Crippen LogP contribution >= 0.6 is 11.6 Å². The van der Waals surface area contributed by atoms with Crippen LogP contribution in [0.15, 0.2) is 59.5 Å². The Kier molecular flexibility index (Phi) is 5.41. The highest BCUT2D eigenvalue weighted by Crippen LogP contribution is 2.71. The second-order valence-electron chi connectivity index (χ2n) is 7.28. The fraction of sp³-hybridized carbons (Fsp3) is 0.409. The summed E-state index contributed by atoms with van der Waals surface area (Å²) in [6.45, 7) is 5.74. The summed E-state index contributed by atoms with van der Waals surface area (Å²) in [6, 6.07) is 17.8. The van der Waals surface area contributed by atoms with Gasteiger partial charge in [0.2, 0.25) is 0 Å². The molecule has 4 heteroatoms. The first-order chi connectivity index (χ1) is 12.4. The third-order valence-electron chi connectivity index (χ3n) is 5.74. The number of benzene rings is 2. The molecule has 138 valence electrons. The highest BCUT2D eigenvalue weighted by atomic mass is 35.5. The number of alkyl halides is 1. The molecule has 0 radical (unpaired) electrons. The van der Waals surface area contributed by atoms with E-state index in [1.165, 1.54) is 5.56 Å². The van der Waals surface area contributed by atoms with Gasteiger partial charge in [0.05, 0.1) is 16.2 Å². The summed E-state index contributed by atoms with van der Waals surface area (Å²) < 4.78 is 12.3. The van der Waals surface area contributed by atoms with Crippen LogP contribution in [0.3, 0.4) is 0 Å². The molecule has 4 atom stereocenters. The van der Waals surface area contributed by atoms with E-state index in [9.17, 15) is 9.00 Å². The molecule has 0 bridgehead atoms. The van der Waals surface area contributed by atoms with Gasteiger partial charge in [-0.1, -0.05) is 55.0 Å². The molecule has 1 aliphatic carbocycles. The van der Waals surface area contributed by atoms with Crippen LogP contribution in [0.4, 0.5) is 0 Å². The van der Waals surface area contributed by atoms with Crippen molar-refractivity contribution < 1.29 is 9.00 Å². The maximum Gasteiger partial charge on any atom is 0.141 e. The largest absolute Gasteiger partial charge is 0.299 e. The number of aryl methyl sites for hydroxylation is 2. The molecular formula is C22H25ClO2S. The molecule has 0 N–H and O–H groups in total. The highest BCUT2D eigenvalue weighted by Gasteiger charge is 2.79. The van der Waals surface area contributed by atoms with E-state index in [2.05, 4.69) is 12.1 Å². The Bertz CT molecular complexity index is 818. The third-order valence-corrected chi connectivity index (χ3v) is 8.76. The van der Waals surface area contributed by atoms with E-state index >= 15 is 0 Å². The zero-order valence-electron chi connectivity index (χ0n) is 15.5. The third kappa shape index (κ3) is 3.05. The number of halogens is 1. The summed E-state index contributed by atoms with van der Waals surface area (Å²) >= 11 is 6.96. The zero-order chi connectivity index (χ0) is 18.9. The first-order valence-electron chi connectivity index (χ1n) is 9.10. The van der Waals surface area contributed by atoms with E-state index in [1.807, 2.05) is 63.2 Å². The first-order valence-corrected chi connectivity index (χ1v) is 10.6. The minimum Gasteiger partial charge on any atom is -0.299 e. The molecule has 1 unspecified atom stereocenters. The van der Waals surface area contributed by atoms with Gasteiger partial charge in [0.1, 0.15) is 9.99 Å². The predicted molar refractivity (Wildman–Crippen MR) is 108 cm³/mol. The Morgan fingerprint density at radius 1 is 1.12 bits per heavy atom. The van der Waals surface area contributed by atoms with Crippen LogP contribution in [0, 0.1) is 18.3 Å². The van der Waals surface area contributed by atoms with Crippen molar-refractivity contribution in [2.45, 2.75) is 49.1 Å². The lowest BCUT2D eigenvalue weighted by Gasteiger charge is -2.15. The second-order valence-corrected chi connectivity index (χ2v) is 9.76. The molecule has 0 saturated heterocycles. The molecule has 0 aromatic heterocycles. The number of carbonyl (C=O) groups is 1. The van der Waals surface area contributed by atoms with E-state index in [1.54, 1.807) is 0 Å². The van der Waals surface area contributed by atoms with Gasteiger partial charge in [-0.3, -0.25) is 9.00 Å². The number of carbonyl (C=O) groups excluding carboxylic acids is 1. The summed E-state index contributed by atoms with van der Waals surface area (Å²) in [7, 11) is -1.43. The Morgan fingerprint density at radius 2 is 1.73 bits per heavy atom. The quantitative estimate of drug-likeness (QED) is 0.604. The van der Waals surface area contributed by atoms with Crippen molar-refractivity contribution in [3.05, 3.63) is 65.7 Å². The maximum atomic E-state index is 13.3. The summed E-state index contributed by atoms with van der Waals surface area (Å²) in [4.78, 5) is 13.4. The Hall–Kier alpha value is -1.45. The summed E-state index contributed by atoms with van der Waals surface area (Å²) in [6.07, 6.45) is 2.00. The van der Waals surface area contributed by atoms with Gasteiger partial charge in [-0.25, -0.2) is 0 Å². The topological polar surface area (TPSA) is 34.1 Å². The number of hydrogen-bond acceptors (Lipinski definition) is 2. The van der Waals surface area contributed by atoms with Crippen LogP contribution in [-0.4, -0.2) is 14.2 Å². The molecule has 1 aliphatic rings. The average Bonchev–Trinajstić information content (AvgIpc) is 3.17. The number of rotatable bonds is 7. The lowest BCUT2D eigenvalue weighted by atomic mass is 9.95. The van der Waals surface area contributed by atoms with E-state index in [0.717, 1.165) is 18.4 Å². The SMILES string of the molecule is CCC(=O)[C@]1(C)[C@@H](CCc2ccccc2)[C@]1(Cl)S(=O)c1ccc(C)cc1. The lowest BCUT2D eigenvalue weighted by molar-refractivity contribution is -0.123. The van der Waals surface area contributed by atoms with E-state index in [0.29, 0.717) is 11.3 Å². The highest BCUT2D eigenvalue weighted by molar-refractivity contribution is 7.88. The second kappa shape index (κ2) is 7.28. The van der Waals surface area contributed by atoms with Gasteiger partial charge in [0, 0.05) is 17.2 Å². The molecule has 1 fully saturated rings. The van der Waals surface area contributed by atoms with Crippen LogP contribution in [0.2, 0.25) is 0 Å². The molecule has 0 spiro atoms. The molecule has 1 saturated carbocycles. The lowest BCUT2D eigenvalue weighted by Crippen LogP contribution is -2.24. The van der Waals surface area contributed by atoms with Crippen molar-refractivity contribution >= 4 is 28.2 Å². The molecule has 3 rings (SSSR count). The molecular weight excluding hydrogens is 364 g/mol. The smallest absolute Gasteiger partial charge is 0.141 e. The number of ketones is 1. The van der Waals surface area contributed by atoms with Gasteiger partial charge in [0.25, 0.3) is 0 Å². The summed E-state index contributed by atoms with van der Waals surface area (Å²) in [5.41, 5.74) is 1.58. The number of Topliss-reactive ketones (excluding diaryl/α,β-unsaturated/α-hetero) is 1. The van der Waals surface area contributed by atoms with Crippen LogP contribution in [0.5, 0.6) is 0 Å². The van der Waals surface area contributed by atoms with Crippen molar-refractivity contribution in [2.24, 2.45) is 11.3 Å². The standard InChI is InChI=1S/C22H25ClO2S/c1-4-20(24)21(3)19(15-12-17-8-6-5-7-9-17)22(21,23)26(25)18-13-10-16(2)11-14-18/h5-11,13-14,19H,4,12,15H2,1-3H3/t19-,21+,22+,26?/m1/s1. The Labute approximate surface area is 163 Å². The fourth-order valence-electron chi connectivity index (χ4n) is 3.96. The average molecular weight is 389 g/mol. The molecule has 2 aromatic carbocycles. The van der Waals surface area contributed by atoms with E-state index < -0.39 is 20.4 Å². The van der Waals surface area contributed by atoms with Crippen molar-refractivity contribution in [1.82, 2.24) is 0 Å². The monoisotopic (exact) mass is 388 g/mol. The van der Waals surface area contributed by atoms with Crippen molar-refractivity contribution in [3.63, 3.8) is 0 Å².